The third kappa shape index (κ3) is 3.71. The predicted molar refractivity (Wildman–Crippen MR) is 73.4 cm³/mol. The largest absolute Gasteiger partial charge is 0.394 e. The van der Waals surface area contributed by atoms with E-state index in [0.717, 1.165) is 0 Å². The zero-order valence-electron chi connectivity index (χ0n) is 13.0. The van der Waals surface area contributed by atoms with Crippen LogP contribution in [0.4, 0.5) is 0 Å². The van der Waals surface area contributed by atoms with Crippen molar-refractivity contribution < 1.29 is 54.7 Å². The molecule has 0 saturated carbocycles. The molecule has 1 unspecified atom stereocenters. The van der Waals surface area contributed by atoms with Crippen molar-refractivity contribution in [3.05, 3.63) is 0 Å². The second-order valence-corrected chi connectivity index (χ2v) is 5.74. The van der Waals surface area contributed by atoms with Gasteiger partial charge in [0.1, 0.15) is 48.8 Å². The molecule has 0 aromatic heterocycles. The molecule has 2 saturated heterocycles. The van der Waals surface area contributed by atoms with Crippen molar-refractivity contribution in [2.45, 2.75) is 61.4 Å². The molecule has 2 rings (SSSR count). The van der Waals surface area contributed by atoms with E-state index in [-0.39, 0.29) is 0 Å². The average molecular weight is 356 g/mol. The van der Waals surface area contributed by atoms with Crippen LogP contribution >= 0.6 is 0 Å². The predicted octanol–water partition coefficient (Wildman–Crippen LogP) is -4.74. The van der Waals surface area contributed by atoms with Gasteiger partial charge in [-0.05, 0) is 0 Å². The first-order valence-electron chi connectivity index (χ1n) is 7.46. The second kappa shape index (κ2) is 8.29. The number of hydrogen-bond acceptors (Lipinski definition) is 11. The molecule has 2 aliphatic rings. The summed E-state index contributed by atoms with van der Waals surface area (Å²) in [6, 6.07) is 0. The summed E-state index contributed by atoms with van der Waals surface area (Å²) in [6.07, 6.45) is -14.1. The zero-order valence-corrected chi connectivity index (χ0v) is 13.0. The van der Waals surface area contributed by atoms with Crippen LogP contribution in [0.2, 0.25) is 0 Å². The number of rotatable bonds is 5. The quantitative estimate of drug-likeness (QED) is 0.251. The van der Waals surface area contributed by atoms with Crippen LogP contribution in [0.25, 0.3) is 0 Å². The summed E-state index contributed by atoms with van der Waals surface area (Å²) in [5.74, 6) is 0. The highest BCUT2D eigenvalue weighted by Gasteiger charge is 2.50. The molecule has 0 aromatic carbocycles. The molecular weight excluding hydrogens is 332 g/mol. The molecule has 0 amide bonds. The Hall–Kier alpha value is -0.440. The smallest absolute Gasteiger partial charge is 0.187 e. The van der Waals surface area contributed by atoms with Crippen molar-refractivity contribution in [2.24, 2.45) is 0 Å². The maximum absolute atomic E-state index is 10.2. The lowest BCUT2D eigenvalue weighted by atomic mass is 9.97. The summed E-state index contributed by atoms with van der Waals surface area (Å²) < 4.78 is 20.6. The van der Waals surface area contributed by atoms with Crippen LogP contribution in [0.1, 0.15) is 0 Å². The van der Waals surface area contributed by atoms with E-state index in [0.29, 0.717) is 0 Å². The van der Waals surface area contributed by atoms with Gasteiger partial charge in [0.25, 0.3) is 0 Å². The lowest BCUT2D eigenvalue weighted by Gasteiger charge is -2.45. The molecule has 0 radical (unpaired) electrons. The fourth-order valence-corrected chi connectivity index (χ4v) is 2.83. The van der Waals surface area contributed by atoms with Crippen LogP contribution < -0.4 is 0 Å². The van der Waals surface area contributed by atoms with E-state index >= 15 is 0 Å². The maximum atomic E-state index is 10.2. The minimum Gasteiger partial charge on any atom is -0.394 e. The lowest BCUT2D eigenvalue weighted by Crippen LogP contribution is -2.64. The van der Waals surface area contributed by atoms with E-state index in [1.165, 1.54) is 7.11 Å². The summed E-state index contributed by atoms with van der Waals surface area (Å²) in [4.78, 5) is 0. The number of methoxy groups -OCH3 is 1. The molecule has 2 heterocycles. The molecular formula is C13H24O11. The monoisotopic (exact) mass is 356 g/mol. The second-order valence-electron chi connectivity index (χ2n) is 5.74. The van der Waals surface area contributed by atoms with Gasteiger partial charge in [0.05, 0.1) is 13.2 Å². The lowest BCUT2D eigenvalue weighted by molar-refractivity contribution is -0.356. The van der Waals surface area contributed by atoms with Crippen LogP contribution in [-0.2, 0) is 18.9 Å². The van der Waals surface area contributed by atoms with E-state index in [9.17, 15) is 35.7 Å². The Morgan fingerprint density at radius 1 is 0.750 bits per heavy atom. The summed E-state index contributed by atoms with van der Waals surface area (Å²) in [6.45, 7) is -1.23. The van der Waals surface area contributed by atoms with Gasteiger partial charge in [-0.1, -0.05) is 0 Å². The molecule has 2 fully saturated rings. The maximum Gasteiger partial charge on any atom is 0.187 e. The van der Waals surface area contributed by atoms with Crippen LogP contribution in [0.5, 0.6) is 0 Å². The third-order valence-corrected chi connectivity index (χ3v) is 4.22. The highest BCUT2D eigenvalue weighted by molar-refractivity contribution is 4.94. The van der Waals surface area contributed by atoms with Crippen molar-refractivity contribution in [1.29, 1.82) is 0 Å². The van der Waals surface area contributed by atoms with Gasteiger partial charge >= 0.3 is 0 Å². The van der Waals surface area contributed by atoms with Gasteiger partial charge in [-0.2, -0.15) is 0 Å². The Kier molecular flexibility index (Phi) is 6.87. The molecule has 11 heteroatoms. The molecule has 11 nitrogen and oxygen atoms in total. The Labute approximate surface area is 137 Å². The molecule has 0 spiro atoms. The Morgan fingerprint density at radius 3 is 1.92 bits per heavy atom. The van der Waals surface area contributed by atoms with Gasteiger partial charge in [0.2, 0.25) is 0 Å². The fourth-order valence-electron chi connectivity index (χ4n) is 2.83. The van der Waals surface area contributed by atoms with Crippen LogP contribution in [0.3, 0.4) is 0 Å². The van der Waals surface area contributed by atoms with E-state index in [4.69, 9.17) is 18.9 Å². The van der Waals surface area contributed by atoms with E-state index in [1.54, 1.807) is 0 Å². The number of aliphatic hydroxyl groups is 7. The third-order valence-electron chi connectivity index (χ3n) is 4.22. The van der Waals surface area contributed by atoms with Crippen molar-refractivity contribution in [3.63, 3.8) is 0 Å². The van der Waals surface area contributed by atoms with Gasteiger partial charge in [0.15, 0.2) is 12.6 Å². The first-order chi connectivity index (χ1) is 11.3. The summed E-state index contributed by atoms with van der Waals surface area (Å²) in [7, 11) is 1.24. The topological polar surface area (TPSA) is 179 Å². The van der Waals surface area contributed by atoms with Crippen LogP contribution in [-0.4, -0.2) is 117 Å². The normalized spacial score (nSPS) is 50.0. The highest BCUT2D eigenvalue weighted by atomic mass is 16.7. The first kappa shape index (κ1) is 19.9. The van der Waals surface area contributed by atoms with Gasteiger partial charge in [-0.15, -0.1) is 0 Å². The van der Waals surface area contributed by atoms with Crippen LogP contribution in [0, 0.1) is 0 Å². The Morgan fingerprint density at radius 2 is 1.38 bits per heavy atom. The molecule has 10 atom stereocenters. The van der Waals surface area contributed by atoms with E-state index in [1.807, 2.05) is 0 Å². The molecule has 142 valence electrons. The van der Waals surface area contributed by atoms with Crippen molar-refractivity contribution >= 4 is 0 Å². The summed E-state index contributed by atoms with van der Waals surface area (Å²) in [5, 5.41) is 67.8. The molecule has 0 bridgehead atoms. The minimum atomic E-state index is -1.71. The number of ether oxygens (including phenoxy) is 4. The fraction of sp³-hybridized carbons (Fsp3) is 1.00. The van der Waals surface area contributed by atoms with Gasteiger partial charge < -0.3 is 54.7 Å². The molecule has 2 aliphatic heterocycles. The standard InChI is InChI=1S/C13H24O11/c1-21-11-6(16)4(2-14)23-13(9(11)19)24-10-5(3-15)22-12(20)8(18)7(10)17/h4-20H,2-3H2,1H3/t4-,5-,6-,7-,8-,9-,10-,11+,12?,13-/m1/s1. The Balaban J connectivity index is 2.14. The SMILES string of the molecule is CO[C@@H]1[C@@H](O)[C@@H](O[C@H]2[C@H](O)[C@@H](O)C(O)O[C@@H]2CO)O[C@H](CO)[C@H]1O. The van der Waals surface area contributed by atoms with E-state index in [2.05, 4.69) is 0 Å². The van der Waals surface area contributed by atoms with Crippen molar-refractivity contribution in [3.8, 4) is 0 Å². The minimum absolute atomic E-state index is 0.581. The van der Waals surface area contributed by atoms with Crippen molar-refractivity contribution in [1.82, 2.24) is 0 Å². The summed E-state index contributed by atoms with van der Waals surface area (Å²) >= 11 is 0. The molecule has 0 aliphatic carbocycles. The molecule has 7 N–H and O–H groups in total. The molecule has 24 heavy (non-hydrogen) atoms. The molecule has 0 aromatic rings. The first-order valence-corrected chi connectivity index (χ1v) is 7.46. The van der Waals surface area contributed by atoms with Gasteiger partial charge in [-0.25, -0.2) is 0 Å². The van der Waals surface area contributed by atoms with Gasteiger partial charge in [-0.3, -0.25) is 0 Å². The zero-order chi connectivity index (χ0) is 18.0. The average Bonchev–Trinajstić information content (AvgIpc) is 2.57. The van der Waals surface area contributed by atoms with Gasteiger partial charge in [0, 0.05) is 7.11 Å². The number of aliphatic hydroxyl groups excluding tert-OH is 7. The summed E-state index contributed by atoms with van der Waals surface area (Å²) in [5.41, 5.74) is 0. The number of hydrogen-bond donors (Lipinski definition) is 7. The van der Waals surface area contributed by atoms with Crippen molar-refractivity contribution in [2.75, 3.05) is 20.3 Å². The van der Waals surface area contributed by atoms with Crippen LogP contribution in [0.15, 0.2) is 0 Å². The van der Waals surface area contributed by atoms with E-state index < -0.39 is 74.6 Å². The Bertz CT molecular complexity index is 394. The highest BCUT2D eigenvalue weighted by Crippen LogP contribution is 2.29.